The Morgan fingerprint density at radius 1 is 0.245 bits per heavy atom. The first-order chi connectivity index (χ1) is 26.3. The van der Waals surface area contributed by atoms with Gasteiger partial charge in [-0.2, -0.15) is 0 Å². The van der Waals surface area contributed by atoms with Crippen molar-refractivity contribution >= 4 is 0 Å². The van der Waals surface area contributed by atoms with Crippen LogP contribution in [0, 0.1) is 0 Å². The molecule has 53 heavy (non-hydrogen) atoms. The molecule has 0 spiro atoms. The molecule has 0 amide bonds. The van der Waals surface area contributed by atoms with Crippen molar-refractivity contribution in [2.45, 2.75) is 303 Å². The Kier molecular flexibility index (Phi) is 40.4. The van der Waals surface area contributed by atoms with E-state index in [4.69, 9.17) is 0 Å². The topological polar surface area (TPSA) is 6.48 Å². The minimum absolute atomic E-state index is 0.636. The lowest BCUT2D eigenvalue weighted by Gasteiger charge is -2.33. The molecule has 0 bridgehead atoms. The van der Waals surface area contributed by atoms with Gasteiger partial charge in [-0.15, -0.1) is 0 Å². The Morgan fingerprint density at radius 2 is 0.434 bits per heavy atom. The molecule has 2 nitrogen and oxygen atoms in total. The van der Waals surface area contributed by atoms with E-state index >= 15 is 0 Å². The van der Waals surface area contributed by atoms with E-state index in [9.17, 15) is 0 Å². The minimum atomic E-state index is 0.636. The van der Waals surface area contributed by atoms with Gasteiger partial charge >= 0.3 is 0 Å². The second-order valence-electron chi connectivity index (χ2n) is 17.8. The van der Waals surface area contributed by atoms with Crippen molar-refractivity contribution in [2.75, 3.05) is 13.1 Å². The van der Waals surface area contributed by atoms with Crippen LogP contribution in [0.5, 0.6) is 0 Å². The van der Waals surface area contributed by atoms with E-state index in [0.29, 0.717) is 6.17 Å². The van der Waals surface area contributed by atoms with Gasteiger partial charge in [0.2, 0.25) is 0 Å². The van der Waals surface area contributed by atoms with Crippen molar-refractivity contribution in [3.05, 3.63) is 12.4 Å². The fourth-order valence-corrected chi connectivity index (χ4v) is 8.84. The van der Waals surface area contributed by atoms with Gasteiger partial charge in [0, 0.05) is 25.5 Å². The van der Waals surface area contributed by atoms with Crippen LogP contribution in [-0.2, 0) is 0 Å². The van der Waals surface area contributed by atoms with Gasteiger partial charge in [0.05, 0.1) is 0 Å². The fraction of sp³-hybridized carbons (Fsp3) is 0.961. The Bertz CT molecular complexity index is 654. The number of rotatable bonds is 45. The average Bonchev–Trinajstić information content (AvgIpc) is 3.55. The van der Waals surface area contributed by atoms with Crippen LogP contribution in [0.3, 0.4) is 0 Å². The van der Waals surface area contributed by atoms with E-state index in [1.54, 1.807) is 0 Å². The number of nitrogens with zero attached hydrogens (tertiary/aromatic N) is 2. The molecule has 0 fully saturated rings. The maximum Gasteiger partial charge on any atom is 0.101 e. The van der Waals surface area contributed by atoms with E-state index < -0.39 is 0 Å². The van der Waals surface area contributed by atoms with Crippen molar-refractivity contribution in [2.24, 2.45) is 0 Å². The minimum Gasteiger partial charge on any atom is -0.356 e. The second kappa shape index (κ2) is 42.5. The van der Waals surface area contributed by atoms with Gasteiger partial charge in [0.25, 0.3) is 0 Å². The molecule has 1 rings (SSSR count). The van der Waals surface area contributed by atoms with E-state index in [1.165, 1.54) is 289 Å². The average molecular weight is 743 g/mol. The lowest BCUT2D eigenvalue weighted by atomic mass is 10.0. The summed E-state index contributed by atoms with van der Waals surface area (Å²) in [7, 11) is 0. The van der Waals surface area contributed by atoms with Gasteiger partial charge in [-0.25, -0.2) is 0 Å². The zero-order valence-electron chi connectivity index (χ0n) is 37.4. The van der Waals surface area contributed by atoms with Crippen molar-refractivity contribution in [1.29, 1.82) is 0 Å². The summed E-state index contributed by atoms with van der Waals surface area (Å²) in [5.74, 6) is 0. The monoisotopic (exact) mass is 743 g/mol. The number of hydrogen-bond donors (Lipinski definition) is 0. The maximum atomic E-state index is 2.74. The summed E-state index contributed by atoms with van der Waals surface area (Å²) in [4.78, 5) is 5.47. The molecule has 2 heteroatoms. The van der Waals surface area contributed by atoms with Crippen LogP contribution >= 0.6 is 0 Å². The first kappa shape index (κ1) is 50.4. The molecule has 0 unspecified atom stereocenters. The Balaban J connectivity index is 2.12. The second-order valence-corrected chi connectivity index (χ2v) is 17.8. The molecule has 1 aliphatic heterocycles. The van der Waals surface area contributed by atoms with Crippen LogP contribution in [0.4, 0.5) is 0 Å². The lowest BCUT2D eigenvalue weighted by molar-refractivity contribution is 0.135. The molecule has 0 saturated heterocycles. The molecule has 0 atom stereocenters. The fourth-order valence-electron chi connectivity index (χ4n) is 8.84. The molecule has 0 aromatic rings. The van der Waals surface area contributed by atoms with E-state index in [-0.39, 0.29) is 0 Å². The van der Waals surface area contributed by atoms with Crippen molar-refractivity contribution < 1.29 is 0 Å². The number of hydrogen-bond acceptors (Lipinski definition) is 2. The zero-order chi connectivity index (χ0) is 38.0. The highest BCUT2D eigenvalue weighted by atomic mass is 15.4. The molecular formula is C51H102N2. The molecule has 0 saturated carbocycles. The summed E-state index contributed by atoms with van der Waals surface area (Å²) < 4.78 is 0. The van der Waals surface area contributed by atoms with Gasteiger partial charge in [-0.3, -0.25) is 0 Å². The molecule has 0 radical (unpaired) electrons. The predicted octanol–water partition coefficient (Wildman–Crippen LogP) is 18.2. The predicted molar refractivity (Wildman–Crippen MR) is 242 cm³/mol. The van der Waals surface area contributed by atoms with Gasteiger partial charge in [0.1, 0.15) is 6.17 Å². The van der Waals surface area contributed by atoms with E-state index in [2.05, 4.69) is 43.0 Å². The largest absolute Gasteiger partial charge is 0.356 e. The Hall–Kier alpha value is -0.660. The normalized spacial score (nSPS) is 13.3. The van der Waals surface area contributed by atoms with Crippen LogP contribution in [0.2, 0.25) is 0 Å². The van der Waals surface area contributed by atoms with Crippen LogP contribution in [0.1, 0.15) is 297 Å². The molecular weight excluding hydrogens is 641 g/mol. The third-order valence-electron chi connectivity index (χ3n) is 12.6. The van der Waals surface area contributed by atoms with Gasteiger partial charge < -0.3 is 9.80 Å². The van der Waals surface area contributed by atoms with Gasteiger partial charge in [0.15, 0.2) is 0 Å². The first-order valence-corrected chi connectivity index (χ1v) is 25.5. The first-order valence-electron chi connectivity index (χ1n) is 25.5. The molecule has 1 heterocycles. The quantitative estimate of drug-likeness (QED) is 0.0573. The van der Waals surface area contributed by atoms with E-state index in [0.717, 1.165) is 0 Å². The highest BCUT2D eigenvalue weighted by Crippen LogP contribution is 2.24. The van der Waals surface area contributed by atoms with Crippen LogP contribution < -0.4 is 0 Å². The highest BCUT2D eigenvalue weighted by Gasteiger charge is 2.24. The van der Waals surface area contributed by atoms with Crippen LogP contribution in [-0.4, -0.2) is 29.1 Å². The number of unbranched alkanes of at least 4 members (excludes halogenated alkanes) is 39. The Morgan fingerprint density at radius 3 is 0.660 bits per heavy atom. The Labute approximate surface area is 337 Å². The van der Waals surface area contributed by atoms with Crippen molar-refractivity contribution in [3.63, 3.8) is 0 Å². The third kappa shape index (κ3) is 34.3. The molecule has 0 N–H and O–H groups in total. The summed E-state index contributed by atoms with van der Waals surface area (Å²) in [6, 6.07) is 0. The highest BCUT2D eigenvalue weighted by molar-refractivity contribution is 4.97. The van der Waals surface area contributed by atoms with E-state index in [1.807, 2.05) is 0 Å². The maximum absolute atomic E-state index is 2.74. The summed E-state index contributed by atoms with van der Waals surface area (Å²) in [5.41, 5.74) is 0. The lowest BCUT2D eigenvalue weighted by Crippen LogP contribution is -2.39. The zero-order valence-corrected chi connectivity index (χ0v) is 37.4. The summed E-state index contributed by atoms with van der Waals surface area (Å²) in [6.45, 7) is 9.50. The molecule has 316 valence electrons. The molecule has 0 aromatic carbocycles. The van der Waals surface area contributed by atoms with Crippen molar-refractivity contribution in [3.8, 4) is 0 Å². The SMILES string of the molecule is CCCCCCCCCCCCCCCCCCCN1C=CN(CCCCCCCCCCCCCCCCCCC)C1CCCCCCCCCC. The standard InChI is InChI=1S/C51H102N2/c1-4-7-10-13-16-19-21-23-25-27-29-31-33-35-38-41-44-47-52-49-50-53(51(52)46-43-40-37-18-15-12-9-6-3)48-45-42-39-36-34-32-30-28-26-24-22-20-17-14-11-8-5-2/h49-51H,4-48H2,1-3H3. The third-order valence-corrected chi connectivity index (χ3v) is 12.6. The van der Waals surface area contributed by atoms with Crippen LogP contribution in [0.15, 0.2) is 12.4 Å². The summed E-state index contributed by atoms with van der Waals surface area (Å²) in [6.07, 6.45) is 67.9. The van der Waals surface area contributed by atoms with Gasteiger partial charge in [-0.1, -0.05) is 271 Å². The summed E-state index contributed by atoms with van der Waals surface area (Å²) >= 11 is 0. The van der Waals surface area contributed by atoms with Crippen LogP contribution in [0.25, 0.3) is 0 Å². The van der Waals surface area contributed by atoms with Crippen molar-refractivity contribution in [1.82, 2.24) is 9.80 Å². The van der Waals surface area contributed by atoms with Gasteiger partial charge in [-0.05, 0) is 25.7 Å². The summed E-state index contributed by atoms with van der Waals surface area (Å²) in [5, 5.41) is 0. The smallest absolute Gasteiger partial charge is 0.101 e. The molecule has 0 aliphatic carbocycles. The molecule has 1 aliphatic rings. The molecule has 0 aromatic heterocycles.